The summed E-state index contributed by atoms with van der Waals surface area (Å²) in [5.74, 6) is -1.28. The van der Waals surface area contributed by atoms with E-state index in [1.165, 1.54) is 18.3 Å². The van der Waals surface area contributed by atoms with E-state index in [1.54, 1.807) is 41.3 Å². The second-order valence-corrected chi connectivity index (χ2v) is 4.71. The van der Waals surface area contributed by atoms with Gasteiger partial charge in [-0.2, -0.15) is 5.10 Å². The van der Waals surface area contributed by atoms with Crippen molar-refractivity contribution in [2.45, 2.75) is 6.42 Å². The standard InChI is InChI=1S/C16H12FN3O2/c17-13-1-3-14(4-2-13)20-16(11-5-7-18-8-6-11)12(10-19-20)9-15(21)22/h1-8,10H,9H2,(H,21,22). The Morgan fingerprint density at radius 2 is 1.82 bits per heavy atom. The first-order valence-electron chi connectivity index (χ1n) is 6.60. The number of hydrogen-bond acceptors (Lipinski definition) is 3. The van der Waals surface area contributed by atoms with Gasteiger partial charge in [0.2, 0.25) is 0 Å². The van der Waals surface area contributed by atoms with Crippen LogP contribution in [0.3, 0.4) is 0 Å². The molecule has 2 heterocycles. The summed E-state index contributed by atoms with van der Waals surface area (Å²) in [6.07, 6.45) is 4.63. The summed E-state index contributed by atoms with van der Waals surface area (Å²) >= 11 is 0. The van der Waals surface area contributed by atoms with Crippen LogP contribution in [-0.4, -0.2) is 25.8 Å². The third-order valence-corrected chi connectivity index (χ3v) is 3.21. The Labute approximate surface area is 125 Å². The number of hydrogen-bond donors (Lipinski definition) is 1. The van der Waals surface area contributed by atoms with E-state index in [4.69, 9.17) is 5.11 Å². The van der Waals surface area contributed by atoms with E-state index in [1.807, 2.05) is 0 Å². The molecule has 2 aromatic heterocycles. The summed E-state index contributed by atoms with van der Waals surface area (Å²) < 4.78 is 14.7. The molecule has 0 saturated carbocycles. The van der Waals surface area contributed by atoms with Crippen LogP contribution in [0.15, 0.2) is 55.0 Å². The van der Waals surface area contributed by atoms with Crippen LogP contribution in [0.5, 0.6) is 0 Å². The van der Waals surface area contributed by atoms with Gasteiger partial charge >= 0.3 is 5.97 Å². The molecule has 110 valence electrons. The van der Waals surface area contributed by atoms with Crippen LogP contribution < -0.4 is 0 Å². The van der Waals surface area contributed by atoms with Crippen LogP contribution in [-0.2, 0) is 11.2 Å². The average Bonchev–Trinajstić information content (AvgIpc) is 2.91. The monoisotopic (exact) mass is 297 g/mol. The Bertz CT molecular complexity index is 798. The lowest BCUT2D eigenvalue weighted by molar-refractivity contribution is -0.136. The van der Waals surface area contributed by atoms with E-state index >= 15 is 0 Å². The summed E-state index contributed by atoms with van der Waals surface area (Å²) in [6.45, 7) is 0. The zero-order valence-corrected chi connectivity index (χ0v) is 11.5. The highest BCUT2D eigenvalue weighted by Crippen LogP contribution is 2.26. The lowest BCUT2D eigenvalue weighted by atomic mass is 10.1. The molecule has 0 aliphatic rings. The maximum atomic E-state index is 13.1. The molecule has 3 rings (SSSR count). The van der Waals surface area contributed by atoms with Crippen molar-refractivity contribution in [3.63, 3.8) is 0 Å². The van der Waals surface area contributed by atoms with Crippen LogP contribution in [0, 0.1) is 5.82 Å². The van der Waals surface area contributed by atoms with Crippen molar-refractivity contribution >= 4 is 5.97 Å². The highest BCUT2D eigenvalue weighted by Gasteiger charge is 2.16. The van der Waals surface area contributed by atoms with Gasteiger partial charge in [0.05, 0.1) is 24.0 Å². The molecule has 1 N–H and O–H groups in total. The van der Waals surface area contributed by atoms with Crippen LogP contribution in [0.2, 0.25) is 0 Å². The molecule has 6 heteroatoms. The molecule has 0 unspecified atom stereocenters. The number of carboxylic acid groups (broad SMARTS) is 1. The molecule has 0 radical (unpaired) electrons. The van der Waals surface area contributed by atoms with Crippen LogP contribution >= 0.6 is 0 Å². The lowest BCUT2D eigenvalue weighted by Crippen LogP contribution is -2.03. The van der Waals surface area contributed by atoms with E-state index in [0.717, 1.165) is 5.56 Å². The number of carboxylic acids is 1. The largest absolute Gasteiger partial charge is 0.481 e. The van der Waals surface area contributed by atoms with Crippen LogP contribution in [0.4, 0.5) is 4.39 Å². The second kappa shape index (κ2) is 5.77. The van der Waals surface area contributed by atoms with Gasteiger partial charge in [-0.25, -0.2) is 9.07 Å². The van der Waals surface area contributed by atoms with Gasteiger partial charge in [0.25, 0.3) is 0 Å². The van der Waals surface area contributed by atoms with Crippen molar-refractivity contribution in [1.82, 2.24) is 14.8 Å². The molecule has 0 saturated heterocycles. The first-order valence-corrected chi connectivity index (χ1v) is 6.60. The molecule has 0 spiro atoms. The number of benzene rings is 1. The van der Waals surface area contributed by atoms with E-state index in [-0.39, 0.29) is 12.2 Å². The summed E-state index contributed by atoms with van der Waals surface area (Å²) in [4.78, 5) is 15.0. The molecule has 0 amide bonds. The maximum Gasteiger partial charge on any atom is 0.307 e. The molecule has 5 nitrogen and oxygen atoms in total. The van der Waals surface area contributed by atoms with Crippen molar-refractivity contribution in [2.24, 2.45) is 0 Å². The molecular weight excluding hydrogens is 285 g/mol. The number of aliphatic carboxylic acids is 1. The first kappa shape index (κ1) is 13.9. The molecular formula is C16H12FN3O2. The number of pyridine rings is 1. The Morgan fingerprint density at radius 3 is 2.45 bits per heavy atom. The predicted octanol–water partition coefficient (Wildman–Crippen LogP) is 2.70. The van der Waals surface area contributed by atoms with Gasteiger partial charge in [0, 0.05) is 23.5 Å². The van der Waals surface area contributed by atoms with Crippen molar-refractivity contribution < 1.29 is 14.3 Å². The highest BCUT2D eigenvalue weighted by atomic mass is 19.1. The number of halogens is 1. The predicted molar refractivity (Wildman–Crippen MR) is 78.1 cm³/mol. The van der Waals surface area contributed by atoms with E-state index in [0.29, 0.717) is 16.9 Å². The number of carbonyl (C=O) groups is 1. The quantitative estimate of drug-likeness (QED) is 0.804. The Morgan fingerprint density at radius 1 is 1.14 bits per heavy atom. The Hall–Kier alpha value is -3.02. The van der Waals surface area contributed by atoms with E-state index in [2.05, 4.69) is 10.1 Å². The smallest absolute Gasteiger partial charge is 0.307 e. The zero-order chi connectivity index (χ0) is 15.5. The summed E-state index contributed by atoms with van der Waals surface area (Å²) in [5, 5.41) is 13.3. The fourth-order valence-electron chi connectivity index (χ4n) is 2.27. The summed E-state index contributed by atoms with van der Waals surface area (Å²) in [5.41, 5.74) is 2.71. The van der Waals surface area contributed by atoms with Crippen molar-refractivity contribution in [3.8, 4) is 16.9 Å². The Balaban J connectivity index is 2.16. The van der Waals surface area contributed by atoms with Gasteiger partial charge < -0.3 is 5.11 Å². The lowest BCUT2D eigenvalue weighted by Gasteiger charge is -2.09. The third kappa shape index (κ3) is 2.71. The minimum absolute atomic E-state index is 0.140. The number of rotatable bonds is 4. The molecule has 0 atom stereocenters. The van der Waals surface area contributed by atoms with Gasteiger partial charge in [0.15, 0.2) is 0 Å². The first-order chi connectivity index (χ1) is 10.6. The normalized spacial score (nSPS) is 10.6. The molecule has 0 aliphatic carbocycles. The van der Waals surface area contributed by atoms with E-state index in [9.17, 15) is 9.18 Å². The topological polar surface area (TPSA) is 68.0 Å². The molecule has 0 bridgehead atoms. The van der Waals surface area contributed by atoms with Crippen LogP contribution in [0.25, 0.3) is 16.9 Å². The van der Waals surface area contributed by atoms with Gasteiger partial charge in [0.1, 0.15) is 5.82 Å². The van der Waals surface area contributed by atoms with Gasteiger partial charge in [-0.3, -0.25) is 9.78 Å². The van der Waals surface area contributed by atoms with Gasteiger partial charge in [-0.1, -0.05) is 0 Å². The SMILES string of the molecule is O=C(O)Cc1cnn(-c2ccc(F)cc2)c1-c1ccncc1. The maximum absolute atomic E-state index is 13.1. The molecule has 1 aromatic carbocycles. The summed E-state index contributed by atoms with van der Waals surface area (Å²) in [6, 6.07) is 9.42. The van der Waals surface area contributed by atoms with E-state index < -0.39 is 5.97 Å². The molecule has 0 aliphatic heterocycles. The third-order valence-electron chi connectivity index (χ3n) is 3.21. The van der Waals surface area contributed by atoms with Crippen LogP contribution in [0.1, 0.15) is 5.56 Å². The van der Waals surface area contributed by atoms with Crippen molar-refractivity contribution in [2.75, 3.05) is 0 Å². The molecule has 3 aromatic rings. The fraction of sp³-hybridized carbons (Fsp3) is 0.0625. The summed E-state index contributed by atoms with van der Waals surface area (Å²) in [7, 11) is 0. The van der Waals surface area contributed by atoms with Gasteiger partial charge in [-0.15, -0.1) is 0 Å². The minimum Gasteiger partial charge on any atom is -0.481 e. The molecule has 22 heavy (non-hydrogen) atoms. The number of nitrogens with zero attached hydrogens (tertiary/aromatic N) is 3. The van der Waals surface area contributed by atoms with Gasteiger partial charge in [-0.05, 0) is 36.4 Å². The minimum atomic E-state index is -0.936. The molecule has 0 fully saturated rings. The number of aromatic nitrogens is 3. The zero-order valence-electron chi connectivity index (χ0n) is 11.5. The Kier molecular flexibility index (Phi) is 3.65. The highest BCUT2D eigenvalue weighted by molar-refractivity contribution is 5.75. The average molecular weight is 297 g/mol. The second-order valence-electron chi connectivity index (χ2n) is 4.71. The van der Waals surface area contributed by atoms with Crippen molar-refractivity contribution in [1.29, 1.82) is 0 Å². The van der Waals surface area contributed by atoms with Crippen molar-refractivity contribution in [3.05, 3.63) is 66.4 Å². The fourth-order valence-corrected chi connectivity index (χ4v) is 2.27.